The molecule has 24 heavy (non-hydrogen) atoms. The number of pyridine rings is 2. The summed E-state index contributed by atoms with van der Waals surface area (Å²) in [5.41, 5.74) is 0.650. The maximum absolute atomic E-state index is 11.1. The molecule has 0 N–H and O–H groups in total. The van der Waals surface area contributed by atoms with Crippen molar-refractivity contribution in [3.63, 3.8) is 0 Å². The van der Waals surface area contributed by atoms with Gasteiger partial charge >= 0.3 is 5.97 Å². The molecule has 0 atom stereocenters. The number of rotatable bonds is 4. The molecular weight excluding hydrogens is 442 g/mol. The average Bonchev–Trinajstić information content (AvgIpc) is 2.56. The third-order valence-electron chi connectivity index (χ3n) is 2.44. The normalized spacial score (nSPS) is 9.25. The smallest absolute Gasteiger partial charge is 0.356 e. The van der Waals surface area contributed by atoms with Crippen molar-refractivity contribution in [1.82, 2.24) is 9.97 Å². The Morgan fingerprint density at radius 2 is 1.62 bits per heavy atom. The predicted molar refractivity (Wildman–Crippen MR) is 94.4 cm³/mol. The number of Topliss-reactive ketones (excluding diaryl/α,β-unsaturated/α-hetero) is 1. The Kier molecular flexibility index (Phi) is 8.83. The number of carbonyl (C=O) groups excluding carboxylic acids is 2. The first-order chi connectivity index (χ1) is 11.5. The quantitative estimate of drug-likeness (QED) is 0.394. The van der Waals surface area contributed by atoms with Crippen LogP contribution in [0.5, 0.6) is 0 Å². The number of ketones is 1. The molecule has 0 saturated carbocycles. The van der Waals surface area contributed by atoms with Crippen LogP contribution in [0.4, 0.5) is 0 Å². The van der Waals surface area contributed by atoms with Crippen LogP contribution in [0, 0.1) is 11.3 Å². The molecule has 0 spiro atoms. The van der Waals surface area contributed by atoms with E-state index >= 15 is 0 Å². The SMILES string of the molecule is CCOC(=O)c1cccc(Br)n1.N#CCC(=O)c1cccc(Br)n1. The van der Waals surface area contributed by atoms with Crippen molar-refractivity contribution in [1.29, 1.82) is 5.26 Å². The maximum Gasteiger partial charge on any atom is 0.356 e. The number of esters is 1. The molecule has 0 saturated heterocycles. The lowest BCUT2D eigenvalue weighted by atomic mass is 10.2. The van der Waals surface area contributed by atoms with Crippen molar-refractivity contribution in [2.24, 2.45) is 0 Å². The zero-order valence-electron chi connectivity index (χ0n) is 12.7. The summed E-state index contributed by atoms with van der Waals surface area (Å²) >= 11 is 6.30. The van der Waals surface area contributed by atoms with Crippen LogP contribution in [-0.4, -0.2) is 28.3 Å². The van der Waals surface area contributed by atoms with Gasteiger partial charge in [-0.15, -0.1) is 0 Å². The lowest BCUT2D eigenvalue weighted by Gasteiger charge is -1.99. The minimum absolute atomic E-state index is 0.122. The number of hydrogen-bond acceptors (Lipinski definition) is 6. The summed E-state index contributed by atoms with van der Waals surface area (Å²) in [7, 11) is 0. The third-order valence-corrected chi connectivity index (χ3v) is 3.32. The number of nitrogens with zero attached hydrogens (tertiary/aromatic N) is 3. The molecule has 0 aliphatic rings. The molecule has 0 bridgehead atoms. The highest BCUT2D eigenvalue weighted by Gasteiger charge is 2.07. The van der Waals surface area contributed by atoms with Gasteiger partial charge in [-0.3, -0.25) is 4.79 Å². The highest BCUT2D eigenvalue weighted by molar-refractivity contribution is 9.10. The summed E-state index contributed by atoms with van der Waals surface area (Å²) in [6.45, 7) is 2.13. The fourth-order valence-electron chi connectivity index (χ4n) is 1.45. The molecule has 0 aromatic carbocycles. The summed E-state index contributed by atoms with van der Waals surface area (Å²) < 4.78 is 6.00. The topological polar surface area (TPSA) is 92.9 Å². The van der Waals surface area contributed by atoms with Crippen LogP contribution in [-0.2, 0) is 4.74 Å². The number of nitriles is 1. The highest BCUT2D eigenvalue weighted by Crippen LogP contribution is 2.08. The highest BCUT2D eigenvalue weighted by atomic mass is 79.9. The minimum atomic E-state index is -0.390. The summed E-state index contributed by atoms with van der Waals surface area (Å²) in [6, 6.07) is 11.9. The molecule has 2 heterocycles. The van der Waals surface area contributed by atoms with Gasteiger partial charge in [0.1, 0.15) is 27.0 Å². The van der Waals surface area contributed by atoms with Gasteiger partial charge in [0.05, 0.1) is 12.7 Å². The van der Waals surface area contributed by atoms with Crippen LogP contribution in [0.25, 0.3) is 0 Å². The summed E-state index contributed by atoms with van der Waals surface area (Å²) in [5, 5.41) is 8.26. The Bertz CT molecular complexity index is 760. The molecule has 2 aromatic rings. The van der Waals surface area contributed by atoms with Gasteiger partial charge < -0.3 is 4.74 Å². The van der Waals surface area contributed by atoms with Crippen LogP contribution in [0.15, 0.2) is 45.6 Å². The van der Waals surface area contributed by atoms with Crippen molar-refractivity contribution in [3.8, 4) is 6.07 Å². The number of aromatic nitrogens is 2. The second kappa shape index (κ2) is 10.6. The molecule has 2 aromatic heterocycles. The summed E-state index contributed by atoms with van der Waals surface area (Å²) in [4.78, 5) is 30.0. The van der Waals surface area contributed by atoms with Crippen molar-refractivity contribution >= 4 is 43.6 Å². The monoisotopic (exact) mass is 453 g/mol. The van der Waals surface area contributed by atoms with Gasteiger partial charge in [-0.25, -0.2) is 14.8 Å². The molecule has 124 valence electrons. The standard InChI is InChI=1S/C8H5BrN2O.C8H8BrNO2/c9-8-3-1-2-6(11-8)7(12)4-5-10;1-2-12-8(11)6-4-3-5-7(9)10-6/h1-3H,4H2;3-5H,2H2,1H3. The Hall–Kier alpha value is -2.11. The lowest BCUT2D eigenvalue weighted by Crippen LogP contribution is -2.06. The third kappa shape index (κ3) is 6.98. The molecule has 0 amide bonds. The van der Waals surface area contributed by atoms with Gasteiger partial charge in [-0.05, 0) is 63.0 Å². The van der Waals surface area contributed by atoms with E-state index in [1.165, 1.54) is 0 Å². The molecule has 6 nitrogen and oxygen atoms in total. The second-order valence-corrected chi connectivity index (χ2v) is 5.79. The number of ether oxygens (including phenoxy) is 1. The number of carbonyl (C=O) groups is 2. The molecule has 0 aliphatic carbocycles. The van der Waals surface area contributed by atoms with E-state index in [1.807, 2.05) is 0 Å². The summed E-state index contributed by atoms with van der Waals surface area (Å²) in [5.74, 6) is -0.641. The zero-order valence-corrected chi connectivity index (χ0v) is 15.9. The van der Waals surface area contributed by atoms with E-state index in [-0.39, 0.29) is 18.2 Å². The molecule has 8 heteroatoms. The van der Waals surface area contributed by atoms with Crippen molar-refractivity contribution < 1.29 is 14.3 Å². The molecule has 0 fully saturated rings. The van der Waals surface area contributed by atoms with Gasteiger partial charge in [-0.2, -0.15) is 5.26 Å². The Balaban J connectivity index is 0.000000240. The van der Waals surface area contributed by atoms with Gasteiger partial charge in [-0.1, -0.05) is 12.1 Å². The first kappa shape index (κ1) is 19.9. The fraction of sp³-hybridized carbons (Fsp3) is 0.188. The van der Waals surface area contributed by atoms with E-state index in [0.29, 0.717) is 27.2 Å². The predicted octanol–water partition coefficient (Wildman–Crippen LogP) is 3.96. The van der Waals surface area contributed by atoms with Crippen molar-refractivity contribution in [2.45, 2.75) is 13.3 Å². The van der Waals surface area contributed by atoms with Gasteiger partial charge in [0.25, 0.3) is 0 Å². The largest absolute Gasteiger partial charge is 0.461 e. The fourth-order valence-corrected chi connectivity index (χ4v) is 2.14. The van der Waals surface area contributed by atoms with Crippen molar-refractivity contribution in [2.75, 3.05) is 6.61 Å². The van der Waals surface area contributed by atoms with Gasteiger partial charge in [0.15, 0.2) is 5.78 Å². The number of hydrogen-bond donors (Lipinski definition) is 0. The first-order valence-electron chi connectivity index (χ1n) is 6.80. The van der Waals surface area contributed by atoms with Crippen LogP contribution in [0.2, 0.25) is 0 Å². The summed E-state index contributed by atoms with van der Waals surface area (Å²) in [6.07, 6.45) is -0.122. The van der Waals surface area contributed by atoms with Crippen LogP contribution < -0.4 is 0 Å². The molecule has 0 unspecified atom stereocenters. The average molecular weight is 455 g/mol. The van der Waals surface area contributed by atoms with Crippen LogP contribution in [0.1, 0.15) is 34.3 Å². The van der Waals surface area contributed by atoms with E-state index in [9.17, 15) is 9.59 Å². The Morgan fingerprint density at radius 1 is 1.08 bits per heavy atom. The zero-order chi connectivity index (χ0) is 17.9. The van der Waals surface area contributed by atoms with E-state index in [4.69, 9.17) is 10.00 Å². The lowest BCUT2D eigenvalue weighted by molar-refractivity contribution is 0.0519. The number of halogens is 2. The Morgan fingerprint density at radius 3 is 2.12 bits per heavy atom. The van der Waals surface area contributed by atoms with Crippen LogP contribution >= 0.6 is 31.9 Å². The minimum Gasteiger partial charge on any atom is -0.461 e. The van der Waals surface area contributed by atoms with E-state index < -0.39 is 0 Å². The van der Waals surface area contributed by atoms with E-state index in [2.05, 4.69) is 41.8 Å². The molecule has 0 aliphatic heterocycles. The van der Waals surface area contributed by atoms with Gasteiger partial charge in [0, 0.05) is 0 Å². The molecule has 2 rings (SSSR count). The van der Waals surface area contributed by atoms with Crippen LogP contribution in [0.3, 0.4) is 0 Å². The Labute approximate surface area is 156 Å². The molecular formula is C16H13Br2N3O3. The van der Waals surface area contributed by atoms with E-state index in [0.717, 1.165) is 0 Å². The van der Waals surface area contributed by atoms with Gasteiger partial charge in [0.2, 0.25) is 0 Å². The molecule has 0 radical (unpaired) electrons. The maximum atomic E-state index is 11.1. The van der Waals surface area contributed by atoms with E-state index in [1.54, 1.807) is 49.4 Å². The second-order valence-electron chi connectivity index (χ2n) is 4.17. The first-order valence-corrected chi connectivity index (χ1v) is 8.39. The van der Waals surface area contributed by atoms with Crippen molar-refractivity contribution in [3.05, 3.63) is 57.0 Å².